The number of aromatic nitrogens is 5. The summed E-state index contributed by atoms with van der Waals surface area (Å²) in [5, 5.41) is 3.33. The van der Waals surface area contributed by atoms with Gasteiger partial charge in [-0.2, -0.15) is 0 Å². The van der Waals surface area contributed by atoms with Crippen LogP contribution in [0.1, 0.15) is 5.69 Å². The molecule has 1 fully saturated rings. The quantitative estimate of drug-likeness (QED) is 0.563. The first-order chi connectivity index (χ1) is 14.6. The summed E-state index contributed by atoms with van der Waals surface area (Å²) in [6.07, 6.45) is 1.45. The number of fused-ring (bicyclic) bond motifs is 1. The van der Waals surface area contributed by atoms with Gasteiger partial charge < -0.3 is 10.2 Å². The van der Waals surface area contributed by atoms with Gasteiger partial charge in [0.1, 0.15) is 35.1 Å². The number of benzene rings is 1. The molecule has 30 heavy (non-hydrogen) atoms. The van der Waals surface area contributed by atoms with E-state index in [0.29, 0.717) is 22.8 Å². The summed E-state index contributed by atoms with van der Waals surface area (Å²) in [6, 6.07) is 9.02. The van der Waals surface area contributed by atoms with Crippen molar-refractivity contribution in [2.75, 3.05) is 31.1 Å². The summed E-state index contributed by atoms with van der Waals surface area (Å²) in [6.45, 7) is 5.31. The van der Waals surface area contributed by atoms with E-state index in [0.717, 1.165) is 43.8 Å². The second-order valence-electron chi connectivity index (χ2n) is 7.16. The molecular formula is C21H19F2N7. The Bertz CT molecular complexity index is 1230. The van der Waals surface area contributed by atoms with E-state index in [1.807, 2.05) is 19.1 Å². The highest BCUT2D eigenvalue weighted by Crippen LogP contribution is 2.30. The van der Waals surface area contributed by atoms with Crippen LogP contribution in [0.25, 0.3) is 28.4 Å². The fourth-order valence-electron chi connectivity index (χ4n) is 3.65. The van der Waals surface area contributed by atoms with Crippen molar-refractivity contribution in [1.82, 2.24) is 29.8 Å². The summed E-state index contributed by atoms with van der Waals surface area (Å²) < 4.78 is 29.8. The van der Waals surface area contributed by atoms with E-state index in [2.05, 4.69) is 25.2 Å². The highest BCUT2D eigenvalue weighted by Gasteiger charge is 2.21. The van der Waals surface area contributed by atoms with Gasteiger partial charge in [0.15, 0.2) is 11.5 Å². The lowest BCUT2D eigenvalue weighted by Crippen LogP contribution is -2.43. The summed E-state index contributed by atoms with van der Waals surface area (Å²) in [4.78, 5) is 20.2. The van der Waals surface area contributed by atoms with Gasteiger partial charge in [0.2, 0.25) is 0 Å². The van der Waals surface area contributed by atoms with Crippen LogP contribution in [0.3, 0.4) is 0 Å². The average Bonchev–Trinajstić information content (AvgIpc) is 3.12. The summed E-state index contributed by atoms with van der Waals surface area (Å²) in [5.41, 5.74) is 2.09. The van der Waals surface area contributed by atoms with Gasteiger partial charge in [0.05, 0.1) is 5.56 Å². The van der Waals surface area contributed by atoms with Crippen LogP contribution >= 0.6 is 0 Å². The van der Waals surface area contributed by atoms with E-state index < -0.39 is 11.6 Å². The molecule has 5 rings (SSSR count). The van der Waals surface area contributed by atoms with Crippen molar-refractivity contribution in [1.29, 1.82) is 0 Å². The van der Waals surface area contributed by atoms with Gasteiger partial charge in [-0.1, -0.05) is 0 Å². The monoisotopic (exact) mass is 407 g/mol. The third-order valence-corrected chi connectivity index (χ3v) is 5.12. The van der Waals surface area contributed by atoms with Gasteiger partial charge in [0, 0.05) is 44.0 Å². The maximum absolute atomic E-state index is 14.6. The van der Waals surface area contributed by atoms with Crippen LogP contribution in [0.4, 0.5) is 14.6 Å². The highest BCUT2D eigenvalue weighted by molar-refractivity contribution is 5.81. The molecule has 0 spiro atoms. The molecule has 4 heterocycles. The Hall–Kier alpha value is -3.46. The Morgan fingerprint density at radius 1 is 0.933 bits per heavy atom. The fourth-order valence-corrected chi connectivity index (χ4v) is 3.65. The summed E-state index contributed by atoms with van der Waals surface area (Å²) in [7, 11) is 0. The van der Waals surface area contributed by atoms with Crippen molar-refractivity contribution in [2.24, 2.45) is 0 Å². The lowest BCUT2D eigenvalue weighted by molar-refractivity contribution is 0.584. The minimum atomic E-state index is -0.695. The highest BCUT2D eigenvalue weighted by atomic mass is 19.1. The molecule has 0 bridgehead atoms. The zero-order chi connectivity index (χ0) is 20.7. The predicted molar refractivity (Wildman–Crippen MR) is 110 cm³/mol. The Balaban J connectivity index is 1.75. The minimum Gasteiger partial charge on any atom is -0.354 e. The first-order valence-corrected chi connectivity index (χ1v) is 9.70. The Labute approximate surface area is 171 Å². The summed E-state index contributed by atoms with van der Waals surface area (Å²) in [5.74, 6) is 0.317. The molecule has 1 N–H and O–H groups in total. The molecule has 7 nitrogen and oxygen atoms in total. The van der Waals surface area contributed by atoms with Gasteiger partial charge in [-0.05, 0) is 31.2 Å². The topological polar surface area (TPSA) is 71.8 Å². The molecule has 0 aliphatic carbocycles. The fraction of sp³-hybridized carbons (Fsp3) is 0.238. The number of imidazole rings is 1. The molecule has 9 heteroatoms. The lowest BCUT2D eigenvalue weighted by Gasteiger charge is -2.28. The van der Waals surface area contributed by atoms with E-state index in [1.54, 1.807) is 10.6 Å². The van der Waals surface area contributed by atoms with E-state index in [1.165, 1.54) is 18.5 Å². The largest absolute Gasteiger partial charge is 0.354 e. The molecule has 0 radical (unpaired) electrons. The Kier molecular flexibility index (Phi) is 4.59. The molecule has 0 amide bonds. The van der Waals surface area contributed by atoms with Gasteiger partial charge >= 0.3 is 0 Å². The van der Waals surface area contributed by atoms with Crippen LogP contribution in [0.15, 0.2) is 42.7 Å². The van der Waals surface area contributed by atoms with Gasteiger partial charge in [0.25, 0.3) is 0 Å². The first kappa shape index (κ1) is 18.6. The molecule has 1 aliphatic rings. The number of rotatable bonds is 3. The van der Waals surface area contributed by atoms with Crippen molar-refractivity contribution >= 4 is 17.0 Å². The van der Waals surface area contributed by atoms with E-state index in [4.69, 9.17) is 4.98 Å². The van der Waals surface area contributed by atoms with Crippen molar-refractivity contribution in [3.63, 3.8) is 0 Å². The van der Waals surface area contributed by atoms with Crippen molar-refractivity contribution in [3.05, 3.63) is 60.1 Å². The maximum Gasteiger partial charge on any atom is 0.168 e. The predicted octanol–water partition coefficient (Wildman–Crippen LogP) is 2.87. The number of nitrogens with zero attached hydrogens (tertiary/aromatic N) is 6. The van der Waals surface area contributed by atoms with Crippen LogP contribution in [-0.4, -0.2) is 50.7 Å². The Morgan fingerprint density at radius 2 is 1.77 bits per heavy atom. The number of halogens is 2. The molecule has 1 aliphatic heterocycles. The van der Waals surface area contributed by atoms with E-state index in [-0.39, 0.29) is 5.56 Å². The molecule has 1 aromatic carbocycles. The zero-order valence-corrected chi connectivity index (χ0v) is 16.3. The third-order valence-electron chi connectivity index (χ3n) is 5.12. The van der Waals surface area contributed by atoms with Gasteiger partial charge in [-0.25, -0.2) is 28.7 Å². The second-order valence-corrected chi connectivity index (χ2v) is 7.16. The number of nitrogens with one attached hydrogen (secondary N) is 1. The molecular weight excluding hydrogens is 388 g/mol. The minimum absolute atomic E-state index is 0.175. The number of hydrogen-bond acceptors (Lipinski definition) is 6. The maximum atomic E-state index is 14.6. The summed E-state index contributed by atoms with van der Waals surface area (Å²) >= 11 is 0. The number of aryl methyl sites for hydroxylation is 1. The van der Waals surface area contributed by atoms with Crippen LogP contribution < -0.4 is 10.2 Å². The van der Waals surface area contributed by atoms with Crippen molar-refractivity contribution in [2.45, 2.75) is 6.92 Å². The second kappa shape index (κ2) is 7.42. The number of hydrogen-bond donors (Lipinski definition) is 1. The van der Waals surface area contributed by atoms with Crippen molar-refractivity contribution in [3.8, 4) is 17.2 Å². The standard InChI is InChI=1S/C21H19F2N7/c1-13-10-19(26-12-25-13)30-20(15-3-2-14(22)11-16(15)23)27-17-4-5-18(28-21(17)30)29-8-6-24-7-9-29/h2-5,10-12,24H,6-9H2,1H3. The molecule has 0 unspecified atom stereocenters. The molecule has 3 aromatic heterocycles. The van der Waals surface area contributed by atoms with Crippen LogP contribution in [-0.2, 0) is 0 Å². The number of anilines is 1. The van der Waals surface area contributed by atoms with Gasteiger partial charge in [-0.15, -0.1) is 0 Å². The molecule has 0 atom stereocenters. The molecule has 0 saturated carbocycles. The van der Waals surface area contributed by atoms with Crippen LogP contribution in [0.5, 0.6) is 0 Å². The number of pyridine rings is 1. The molecule has 152 valence electrons. The van der Waals surface area contributed by atoms with E-state index in [9.17, 15) is 8.78 Å². The molecule has 4 aromatic rings. The SMILES string of the molecule is Cc1cc(-n2c(-c3ccc(F)cc3F)nc3ccc(N4CCNCC4)nc32)ncn1. The lowest BCUT2D eigenvalue weighted by atomic mass is 10.2. The number of piperazine rings is 1. The van der Waals surface area contributed by atoms with Crippen molar-refractivity contribution < 1.29 is 8.78 Å². The van der Waals surface area contributed by atoms with Crippen LogP contribution in [0.2, 0.25) is 0 Å². The van der Waals surface area contributed by atoms with Gasteiger partial charge in [-0.3, -0.25) is 4.57 Å². The van der Waals surface area contributed by atoms with Crippen LogP contribution in [0, 0.1) is 18.6 Å². The van der Waals surface area contributed by atoms with E-state index >= 15 is 0 Å². The normalized spacial score (nSPS) is 14.4. The third kappa shape index (κ3) is 3.26. The smallest absolute Gasteiger partial charge is 0.168 e. The average molecular weight is 407 g/mol. The zero-order valence-electron chi connectivity index (χ0n) is 16.3. The Morgan fingerprint density at radius 3 is 2.53 bits per heavy atom. The first-order valence-electron chi connectivity index (χ1n) is 9.70. The molecule has 1 saturated heterocycles.